The molecule has 1 atom stereocenters. The first kappa shape index (κ1) is 25.7. The number of nitrogens with one attached hydrogen (secondary N) is 1. The van der Waals surface area contributed by atoms with Crippen molar-refractivity contribution in [1.29, 1.82) is 0 Å². The highest BCUT2D eigenvalue weighted by atomic mass is 19.4. The lowest BCUT2D eigenvalue weighted by Gasteiger charge is -2.36. The van der Waals surface area contributed by atoms with Crippen LogP contribution in [0.15, 0.2) is 28.8 Å². The van der Waals surface area contributed by atoms with Crippen LogP contribution in [0.2, 0.25) is 0 Å². The van der Waals surface area contributed by atoms with Gasteiger partial charge in [-0.25, -0.2) is 0 Å². The molecule has 11 heteroatoms. The van der Waals surface area contributed by atoms with Crippen molar-refractivity contribution in [2.75, 3.05) is 32.7 Å². The van der Waals surface area contributed by atoms with Gasteiger partial charge >= 0.3 is 6.18 Å². The average Bonchev–Trinajstić information content (AvgIpc) is 3.28. The van der Waals surface area contributed by atoms with E-state index in [0.717, 1.165) is 12.1 Å². The average molecular weight is 482 g/mol. The van der Waals surface area contributed by atoms with Crippen LogP contribution in [0, 0.1) is 5.41 Å². The Hall–Kier alpha value is -2.95. The largest absolute Gasteiger partial charge is 0.416 e. The van der Waals surface area contributed by atoms with Crippen LogP contribution in [0.3, 0.4) is 0 Å². The fourth-order valence-corrected chi connectivity index (χ4v) is 3.58. The summed E-state index contributed by atoms with van der Waals surface area (Å²) in [7, 11) is 0. The fraction of sp³-hybridized carbons (Fsp3) is 0.565. The Kier molecular flexibility index (Phi) is 7.64. The number of carbonyl (C=O) groups is 2. The van der Waals surface area contributed by atoms with E-state index in [-0.39, 0.29) is 35.7 Å². The highest BCUT2D eigenvalue weighted by Crippen LogP contribution is 2.32. The Balaban J connectivity index is 1.52. The lowest BCUT2D eigenvalue weighted by atomic mass is 9.96. The second-order valence-corrected chi connectivity index (χ2v) is 9.38. The van der Waals surface area contributed by atoms with Gasteiger partial charge in [0, 0.05) is 50.1 Å². The molecule has 2 heterocycles. The standard InChI is InChI=1S/C23H30F3N5O3/c1-15(20-28-19(29-34-20)16-6-5-7-17(14-16)23(24,25)26)30-10-12-31(13-11-30)18(32)8-9-27-21(33)22(2,3)4/h5-7,14-15H,8-13H2,1-4H3,(H,27,33). The zero-order valence-electron chi connectivity index (χ0n) is 19.8. The Labute approximate surface area is 196 Å². The van der Waals surface area contributed by atoms with Crippen LogP contribution in [0.4, 0.5) is 13.2 Å². The number of benzene rings is 1. The number of aromatic nitrogens is 2. The van der Waals surface area contributed by atoms with Gasteiger partial charge in [0.15, 0.2) is 0 Å². The third-order valence-corrected chi connectivity index (χ3v) is 5.77. The van der Waals surface area contributed by atoms with Gasteiger partial charge in [-0.1, -0.05) is 38.1 Å². The molecule has 1 aromatic heterocycles. The van der Waals surface area contributed by atoms with E-state index in [1.165, 1.54) is 12.1 Å². The van der Waals surface area contributed by atoms with Crippen molar-refractivity contribution in [3.8, 4) is 11.4 Å². The summed E-state index contributed by atoms with van der Waals surface area (Å²) in [5, 5.41) is 6.64. The van der Waals surface area contributed by atoms with E-state index < -0.39 is 17.2 Å². The van der Waals surface area contributed by atoms with Crippen molar-refractivity contribution in [1.82, 2.24) is 25.3 Å². The Bertz CT molecular complexity index is 1010. The van der Waals surface area contributed by atoms with Gasteiger partial charge in [-0.05, 0) is 19.1 Å². The van der Waals surface area contributed by atoms with E-state index in [9.17, 15) is 22.8 Å². The minimum Gasteiger partial charge on any atom is -0.355 e. The van der Waals surface area contributed by atoms with Crippen molar-refractivity contribution >= 4 is 11.8 Å². The van der Waals surface area contributed by atoms with Gasteiger partial charge in [0.05, 0.1) is 11.6 Å². The van der Waals surface area contributed by atoms with Crippen LogP contribution in [-0.4, -0.2) is 64.5 Å². The molecule has 0 spiro atoms. The molecule has 34 heavy (non-hydrogen) atoms. The van der Waals surface area contributed by atoms with Crippen molar-refractivity contribution in [2.45, 2.75) is 46.3 Å². The van der Waals surface area contributed by atoms with Gasteiger partial charge in [0.25, 0.3) is 0 Å². The molecule has 8 nitrogen and oxygen atoms in total. The number of carbonyl (C=O) groups excluding carboxylic acids is 2. The number of hydrogen-bond acceptors (Lipinski definition) is 6. The lowest BCUT2D eigenvalue weighted by molar-refractivity contribution is -0.137. The summed E-state index contributed by atoms with van der Waals surface area (Å²) in [6.45, 7) is 9.83. The minimum absolute atomic E-state index is 0.0221. The molecule has 1 fully saturated rings. The first-order chi connectivity index (χ1) is 15.9. The molecular weight excluding hydrogens is 451 g/mol. The Morgan fingerprint density at radius 3 is 2.44 bits per heavy atom. The van der Waals surface area contributed by atoms with E-state index >= 15 is 0 Å². The summed E-state index contributed by atoms with van der Waals surface area (Å²) in [6.07, 6.45) is -4.22. The molecule has 0 bridgehead atoms. The number of nitrogens with zero attached hydrogens (tertiary/aromatic N) is 4. The van der Waals surface area contributed by atoms with Gasteiger partial charge in [-0.2, -0.15) is 18.2 Å². The summed E-state index contributed by atoms with van der Waals surface area (Å²) in [4.78, 5) is 32.5. The first-order valence-corrected chi connectivity index (χ1v) is 11.2. The second-order valence-electron chi connectivity index (χ2n) is 9.38. The number of piperazine rings is 1. The third-order valence-electron chi connectivity index (χ3n) is 5.77. The van der Waals surface area contributed by atoms with Crippen molar-refractivity contribution in [3.63, 3.8) is 0 Å². The summed E-state index contributed by atoms with van der Waals surface area (Å²) >= 11 is 0. The Morgan fingerprint density at radius 2 is 1.82 bits per heavy atom. The normalized spacial score (nSPS) is 16.4. The van der Waals surface area contributed by atoms with Crippen molar-refractivity contribution in [2.24, 2.45) is 5.41 Å². The van der Waals surface area contributed by atoms with Crippen LogP contribution < -0.4 is 5.32 Å². The van der Waals surface area contributed by atoms with E-state index in [4.69, 9.17) is 4.52 Å². The summed E-state index contributed by atoms with van der Waals surface area (Å²) in [5.41, 5.74) is -1.05. The van der Waals surface area contributed by atoms with Crippen LogP contribution in [0.1, 0.15) is 51.6 Å². The third kappa shape index (κ3) is 6.34. The van der Waals surface area contributed by atoms with Crippen molar-refractivity contribution in [3.05, 3.63) is 35.7 Å². The highest BCUT2D eigenvalue weighted by molar-refractivity contribution is 5.82. The van der Waals surface area contributed by atoms with E-state index in [2.05, 4.69) is 20.4 Å². The summed E-state index contributed by atoms with van der Waals surface area (Å²) in [5.74, 6) is 0.283. The molecule has 0 radical (unpaired) electrons. The second kappa shape index (κ2) is 10.1. The molecule has 1 unspecified atom stereocenters. The van der Waals surface area contributed by atoms with Crippen molar-refractivity contribution < 1.29 is 27.3 Å². The predicted molar refractivity (Wildman–Crippen MR) is 118 cm³/mol. The summed E-state index contributed by atoms with van der Waals surface area (Å²) in [6, 6.07) is 4.54. The molecule has 0 aliphatic carbocycles. The first-order valence-electron chi connectivity index (χ1n) is 11.2. The molecule has 1 saturated heterocycles. The van der Waals surface area contributed by atoms with Crippen LogP contribution in [-0.2, 0) is 15.8 Å². The molecule has 1 aromatic carbocycles. The van der Waals surface area contributed by atoms with Gasteiger partial charge in [-0.3, -0.25) is 14.5 Å². The number of halogens is 3. The monoisotopic (exact) mass is 481 g/mol. The molecule has 0 saturated carbocycles. The zero-order chi connectivity index (χ0) is 25.1. The van der Waals surface area contributed by atoms with E-state index in [1.807, 2.05) is 27.7 Å². The van der Waals surface area contributed by atoms with Crippen LogP contribution >= 0.6 is 0 Å². The van der Waals surface area contributed by atoms with Gasteiger partial charge < -0.3 is 14.7 Å². The van der Waals surface area contributed by atoms with Crippen LogP contribution in [0.25, 0.3) is 11.4 Å². The number of amides is 2. The molecule has 1 N–H and O–H groups in total. The topological polar surface area (TPSA) is 91.6 Å². The van der Waals surface area contributed by atoms with Crippen LogP contribution in [0.5, 0.6) is 0 Å². The maximum atomic E-state index is 13.0. The predicted octanol–water partition coefficient (Wildman–Crippen LogP) is 3.51. The van der Waals surface area contributed by atoms with E-state index in [1.54, 1.807) is 4.90 Å². The van der Waals surface area contributed by atoms with Gasteiger partial charge in [0.1, 0.15) is 0 Å². The number of rotatable bonds is 6. The zero-order valence-corrected chi connectivity index (χ0v) is 19.8. The molecule has 1 aliphatic rings. The highest BCUT2D eigenvalue weighted by Gasteiger charge is 2.31. The molecule has 186 valence electrons. The minimum atomic E-state index is -4.45. The number of hydrogen-bond donors (Lipinski definition) is 1. The molecule has 2 aromatic rings. The quantitative estimate of drug-likeness (QED) is 0.679. The SMILES string of the molecule is CC(c1nc(-c2cccc(C(F)(F)F)c2)no1)N1CCN(C(=O)CCNC(=O)C(C)(C)C)CC1. The molecule has 2 amide bonds. The maximum Gasteiger partial charge on any atom is 0.416 e. The molecule has 3 rings (SSSR count). The summed E-state index contributed by atoms with van der Waals surface area (Å²) < 4.78 is 44.3. The Morgan fingerprint density at radius 1 is 1.15 bits per heavy atom. The lowest BCUT2D eigenvalue weighted by Crippen LogP contribution is -2.50. The maximum absolute atomic E-state index is 13.0. The number of alkyl halides is 3. The fourth-order valence-electron chi connectivity index (χ4n) is 3.58. The molecule has 1 aliphatic heterocycles. The van der Waals surface area contributed by atoms with Gasteiger partial charge in [-0.15, -0.1) is 0 Å². The smallest absolute Gasteiger partial charge is 0.355 e. The molecular formula is C23H30F3N5O3. The van der Waals surface area contributed by atoms with Gasteiger partial charge in [0.2, 0.25) is 23.5 Å². The van der Waals surface area contributed by atoms with E-state index in [0.29, 0.717) is 38.6 Å².